The Balaban J connectivity index is 1.78. The van der Waals surface area contributed by atoms with Gasteiger partial charge in [0.15, 0.2) is 5.65 Å². The van der Waals surface area contributed by atoms with Gasteiger partial charge < -0.3 is 19.1 Å². The van der Waals surface area contributed by atoms with E-state index in [1.165, 1.54) is 9.80 Å². The molecule has 10 nitrogen and oxygen atoms in total. The molecule has 2 heterocycles. The Kier molecular flexibility index (Phi) is 10.6. The highest BCUT2D eigenvalue weighted by molar-refractivity contribution is 6.76. The van der Waals surface area contributed by atoms with E-state index in [0.29, 0.717) is 23.6 Å². The first-order valence-corrected chi connectivity index (χ1v) is 19.2. The number of pyridine rings is 1. The van der Waals surface area contributed by atoms with Gasteiger partial charge in [0.25, 0.3) is 0 Å². The number of carbonyl (C=O) groups is 2. The zero-order valence-electron chi connectivity index (χ0n) is 28.7. The normalized spacial score (nSPS) is 12.6. The van der Waals surface area contributed by atoms with Crippen LogP contribution in [0.3, 0.4) is 0 Å². The SMILES string of the molecule is COc1ccccc1-c1nn(COCC[Si](C)(C)C)c2ncc(-c3cccc(C(C(=O)N(C)C)N(C)C(=O)OC(C)(C)C)c3)cc12. The minimum atomic E-state index is -1.24. The molecule has 0 bridgehead atoms. The molecule has 2 aromatic heterocycles. The number of benzene rings is 2. The maximum atomic E-state index is 13.4. The zero-order valence-corrected chi connectivity index (χ0v) is 29.7. The Hall–Kier alpha value is -4.22. The lowest BCUT2D eigenvalue weighted by molar-refractivity contribution is -0.134. The number of ether oxygens (including phenoxy) is 3. The highest BCUT2D eigenvalue weighted by Gasteiger charge is 2.33. The van der Waals surface area contributed by atoms with Crippen LogP contribution in [0.5, 0.6) is 5.75 Å². The fourth-order valence-corrected chi connectivity index (χ4v) is 5.74. The predicted molar refractivity (Wildman–Crippen MR) is 184 cm³/mol. The number of rotatable bonds is 11. The maximum Gasteiger partial charge on any atom is 0.410 e. The van der Waals surface area contributed by atoms with Crippen LogP contribution in [0.4, 0.5) is 4.79 Å². The molecule has 0 spiro atoms. The fourth-order valence-electron chi connectivity index (χ4n) is 4.98. The second-order valence-corrected chi connectivity index (χ2v) is 19.5. The van der Waals surface area contributed by atoms with Crippen molar-refractivity contribution in [3.63, 3.8) is 0 Å². The average molecular weight is 646 g/mol. The molecule has 0 N–H and O–H groups in total. The Morgan fingerprint density at radius 2 is 1.70 bits per heavy atom. The molecule has 0 aliphatic heterocycles. The van der Waals surface area contributed by atoms with Gasteiger partial charge in [0.1, 0.15) is 29.8 Å². The number of nitrogens with zero attached hydrogens (tertiary/aromatic N) is 5. The van der Waals surface area contributed by atoms with E-state index in [1.54, 1.807) is 59.9 Å². The number of likely N-dealkylation sites (N-methyl/N-ethyl adjacent to an activating group) is 2. The monoisotopic (exact) mass is 645 g/mol. The number of methoxy groups -OCH3 is 1. The van der Waals surface area contributed by atoms with Gasteiger partial charge in [-0.25, -0.2) is 14.5 Å². The topological polar surface area (TPSA) is 99.0 Å². The summed E-state index contributed by atoms with van der Waals surface area (Å²) in [6, 6.07) is 17.6. The van der Waals surface area contributed by atoms with E-state index < -0.39 is 25.8 Å². The van der Waals surface area contributed by atoms with E-state index in [9.17, 15) is 9.59 Å². The quantitative estimate of drug-likeness (QED) is 0.127. The largest absolute Gasteiger partial charge is 0.496 e. The standard InChI is InChI=1S/C35H47N5O5Si/c1-35(2,3)45-34(42)39(6)31(33(41)38(4)5)25-15-13-14-24(20-25)26-21-28-30(27-16-11-12-17-29(27)43-7)37-40(32(28)36-22-26)23-44-18-19-46(8,9)10/h11-17,20-22,31H,18-19,23H2,1-10H3. The predicted octanol–water partition coefficient (Wildman–Crippen LogP) is 7.08. The molecule has 0 radical (unpaired) electrons. The van der Waals surface area contributed by atoms with Crippen molar-refractivity contribution in [2.45, 2.75) is 64.8 Å². The fraction of sp³-hybridized carbons (Fsp3) is 0.429. The minimum Gasteiger partial charge on any atom is -0.496 e. The first-order chi connectivity index (χ1) is 21.6. The Bertz CT molecular complexity index is 1690. The highest BCUT2D eigenvalue weighted by Crippen LogP contribution is 2.36. The van der Waals surface area contributed by atoms with Crippen LogP contribution in [0.2, 0.25) is 25.7 Å². The van der Waals surface area contributed by atoms with Gasteiger partial charge in [0, 0.05) is 58.5 Å². The van der Waals surface area contributed by atoms with Crippen LogP contribution < -0.4 is 4.74 Å². The zero-order chi connectivity index (χ0) is 33.8. The van der Waals surface area contributed by atoms with E-state index in [0.717, 1.165) is 33.8 Å². The smallest absolute Gasteiger partial charge is 0.410 e. The summed E-state index contributed by atoms with van der Waals surface area (Å²) < 4.78 is 19.2. The number of para-hydroxylation sites is 1. The van der Waals surface area contributed by atoms with Crippen molar-refractivity contribution in [1.29, 1.82) is 0 Å². The van der Waals surface area contributed by atoms with E-state index in [2.05, 4.69) is 25.7 Å². The number of amides is 2. The van der Waals surface area contributed by atoms with Crippen LogP contribution in [-0.4, -0.2) is 85.1 Å². The van der Waals surface area contributed by atoms with Crippen molar-refractivity contribution in [2.75, 3.05) is 34.9 Å². The Labute approximate surface area is 273 Å². The molecule has 0 aliphatic rings. The highest BCUT2D eigenvalue weighted by atomic mass is 28.3. The van der Waals surface area contributed by atoms with E-state index in [1.807, 2.05) is 48.5 Å². The van der Waals surface area contributed by atoms with Crippen molar-refractivity contribution >= 4 is 31.1 Å². The summed E-state index contributed by atoms with van der Waals surface area (Å²) in [5.41, 5.74) is 3.89. The third kappa shape index (κ3) is 8.32. The lowest BCUT2D eigenvalue weighted by atomic mass is 9.98. The van der Waals surface area contributed by atoms with Gasteiger partial charge in [-0.1, -0.05) is 50.0 Å². The molecular weight excluding hydrogens is 599 g/mol. The van der Waals surface area contributed by atoms with Crippen molar-refractivity contribution in [1.82, 2.24) is 24.6 Å². The third-order valence-corrected chi connectivity index (χ3v) is 9.14. The molecular formula is C35H47N5O5Si. The second-order valence-electron chi connectivity index (χ2n) is 13.8. The molecule has 4 rings (SSSR count). The van der Waals surface area contributed by atoms with Crippen LogP contribution in [0.15, 0.2) is 60.8 Å². The number of hydrogen-bond donors (Lipinski definition) is 0. The van der Waals surface area contributed by atoms with Crippen LogP contribution in [0.25, 0.3) is 33.4 Å². The van der Waals surface area contributed by atoms with Gasteiger partial charge in [0.05, 0.1) is 7.11 Å². The molecule has 246 valence electrons. The third-order valence-electron chi connectivity index (χ3n) is 7.44. The Morgan fingerprint density at radius 1 is 0.978 bits per heavy atom. The summed E-state index contributed by atoms with van der Waals surface area (Å²) in [4.78, 5) is 34.2. The molecule has 46 heavy (non-hydrogen) atoms. The molecule has 4 aromatic rings. The number of hydrogen-bond acceptors (Lipinski definition) is 7. The molecule has 1 unspecified atom stereocenters. The van der Waals surface area contributed by atoms with Crippen LogP contribution in [-0.2, 0) is 21.0 Å². The summed E-state index contributed by atoms with van der Waals surface area (Å²) in [6.45, 7) is 13.3. The van der Waals surface area contributed by atoms with E-state index in [-0.39, 0.29) is 12.6 Å². The van der Waals surface area contributed by atoms with Gasteiger partial charge in [0.2, 0.25) is 5.91 Å². The van der Waals surface area contributed by atoms with Gasteiger partial charge in [-0.2, -0.15) is 5.10 Å². The van der Waals surface area contributed by atoms with E-state index in [4.69, 9.17) is 24.3 Å². The van der Waals surface area contributed by atoms with Crippen LogP contribution in [0.1, 0.15) is 32.4 Å². The molecule has 0 saturated carbocycles. The summed E-state index contributed by atoms with van der Waals surface area (Å²) in [6.07, 6.45) is 1.22. The first-order valence-electron chi connectivity index (χ1n) is 15.4. The minimum absolute atomic E-state index is 0.243. The van der Waals surface area contributed by atoms with E-state index >= 15 is 0 Å². The molecule has 0 saturated heterocycles. The number of carbonyl (C=O) groups excluding carboxylic acids is 2. The summed E-state index contributed by atoms with van der Waals surface area (Å²) in [5.74, 6) is 0.462. The van der Waals surface area contributed by atoms with Crippen LogP contribution in [0, 0.1) is 0 Å². The van der Waals surface area contributed by atoms with Gasteiger partial charge in [-0.15, -0.1) is 0 Å². The van der Waals surface area contributed by atoms with Crippen molar-refractivity contribution < 1.29 is 23.8 Å². The molecule has 2 amide bonds. The molecule has 0 fully saturated rings. The average Bonchev–Trinajstić information content (AvgIpc) is 3.35. The maximum absolute atomic E-state index is 13.4. The molecule has 0 aliphatic carbocycles. The van der Waals surface area contributed by atoms with Crippen molar-refractivity contribution in [3.8, 4) is 28.1 Å². The summed E-state index contributed by atoms with van der Waals surface area (Å²) >= 11 is 0. The lowest BCUT2D eigenvalue weighted by Gasteiger charge is -2.31. The van der Waals surface area contributed by atoms with Crippen LogP contribution >= 0.6 is 0 Å². The van der Waals surface area contributed by atoms with Gasteiger partial charge >= 0.3 is 6.09 Å². The molecule has 2 aromatic carbocycles. The molecule has 1 atom stereocenters. The summed E-state index contributed by atoms with van der Waals surface area (Å²) in [7, 11) is 5.33. The first kappa shape index (κ1) is 34.6. The van der Waals surface area contributed by atoms with Crippen molar-refractivity contribution in [3.05, 3.63) is 66.4 Å². The number of fused-ring (bicyclic) bond motifs is 1. The number of aromatic nitrogens is 3. The van der Waals surface area contributed by atoms with Gasteiger partial charge in [-0.3, -0.25) is 9.69 Å². The lowest BCUT2D eigenvalue weighted by Crippen LogP contribution is -2.43. The summed E-state index contributed by atoms with van der Waals surface area (Å²) in [5, 5.41) is 5.79. The van der Waals surface area contributed by atoms with Gasteiger partial charge in [-0.05, 0) is 62.2 Å². The molecule has 11 heteroatoms. The van der Waals surface area contributed by atoms with Crippen molar-refractivity contribution in [2.24, 2.45) is 0 Å². The Morgan fingerprint density at radius 3 is 2.35 bits per heavy atom. The second kappa shape index (κ2) is 14.0.